The molecule has 0 amide bonds. The van der Waals surface area contributed by atoms with Gasteiger partial charge in [0, 0.05) is 19.3 Å². The number of aliphatic hydroxyl groups is 1. The zero-order chi connectivity index (χ0) is 16.4. The number of aliphatic hydroxyl groups excluding tert-OH is 1. The molecule has 124 valence electrons. The highest BCUT2D eigenvalue weighted by atomic mass is 19.1. The third kappa shape index (κ3) is 3.59. The number of piperidine rings is 1. The third-order valence-corrected chi connectivity index (χ3v) is 4.42. The van der Waals surface area contributed by atoms with Crippen molar-refractivity contribution >= 4 is 0 Å². The number of nitrogens with zero attached hydrogens (tertiary/aromatic N) is 3. The Morgan fingerprint density at radius 1 is 1.30 bits per heavy atom. The summed E-state index contributed by atoms with van der Waals surface area (Å²) < 4.78 is 28.9. The van der Waals surface area contributed by atoms with Crippen LogP contribution in [-0.4, -0.2) is 39.0 Å². The summed E-state index contributed by atoms with van der Waals surface area (Å²) >= 11 is 0. The summed E-state index contributed by atoms with van der Waals surface area (Å²) in [4.78, 5) is 2.23. The number of hydrogen-bond acceptors (Lipinski definition) is 3. The second kappa shape index (κ2) is 6.76. The van der Waals surface area contributed by atoms with Crippen LogP contribution >= 0.6 is 0 Å². The van der Waals surface area contributed by atoms with Crippen LogP contribution in [0.25, 0.3) is 5.69 Å². The first-order chi connectivity index (χ1) is 11.0. The maximum absolute atomic E-state index is 13.8. The molecular weight excluding hydrogens is 300 g/mol. The van der Waals surface area contributed by atoms with Crippen LogP contribution in [0.5, 0.6) is 0 Å². The van der Waals surface area contributed by atoms with Crippen LogP contribution in [0.4, 0.5) is 8.78 Å². The van der Waals surface area contributed by atoms with Gasteiger partial charge >= 0.3 is 0 Å². The minimum atomic E-state index is -0.633. The molecule has 0 bridgehead atoms. The second-order valence-electron chi connectivity index (χ2n) is 6.20. The van der Waals surface area contributed by atoms with Crippen LogP contribution in [0, 0.1) is 17.6 Å². The van der Waals surface area contributed by atoms with E-state index in [4.69, 9.17) is 0 Å². The van der Waals surface area contributed by atoms with Crippen molar-refractivity contribution in [2.75, 3.05) is 13.1 Å². The van der Waals surface area contributed by atoms with E-state index in [9.17, 15) is 13.9 Å². The first-order valence-corrected chi connectivity index (χ1v) is 7.94. The SMILES string of the molecule is CC(O)C1CCCN(Cc2ccn(-c3c(F)cccc3F)n2)C1. The molecule has 4 nitrogen and oxygen atoms in total. The predicted octanol–water partition coefficient (Wildman–Crippen LogP) is 2.74. The molecule has 23 heavy (non-hydrogen) atoms. The van der Waals surface area contributed by atoms with E-state index in [1.807, 2.05) is 6.92 Å². The molecule has 1 N–H and O–H groups in total. The lowest BCUT2D eigenvalue weighted by atomic mass is 9.93. The summed E-state index contributed by atoms with van der Waals surface area (Å²) in [6.07, 6.45) is 3.33. The Kier molecular flexibility index (Phi) is 4.73. The molecule has 2 aromatic rings. The molecule has 1 aliphatic heterocycles. The molecule has 2 heterocycles. The predicted molar refractivity (Wildman–Crippen MR) is 83.2 cm³/mol. The molecule has 2 unspecified atom stereocenters. The van der Waals surface area contributed by atoms with Crippen LogP contribution in [0.1, 0.15) is 25.5 Å². The molecule has 1 aromatic heterocycles. The van der Waals surface area contributed by atoms with E-state index in [0.29, 0.717) is 6.54 Å². The highest BCUT2D eigenvalue weighted by molar-refractivity contribution is 5.34. The Morgan fingerprint density at radius 3 is 2.74 bits per heavy atom. The topological polar surface area (TPSA) is 41.3 Å². The lowest BCUT2D eigenvalue weighted by molar-refractivity contribution is 0.0594. The van der Waals surface area contributed by atoms with E-state index in [1.165, 1.54) is 22.9 Å². The highest BCUT2D eigenvalue weighted by Gasteiger charge is 2.24. The first-order valence-electron chi connectivity index (χ1n) is 7.94. The standard InChI is InChI=1S/C17H21F2N3O/c1-12(23)13-4-3-8-21(10-13)11-14-7-9-22(20-14)17-15(18)5-2-6-16(17)19/h2,5-7,9,12-13,23H,3-4,8,10-11H2,1H3. The largest absolute Gasteiger partial charge is 0.393 e. The van der Waals surface area contributed by atoms with Gasteiger partial charge in [0.15, 0.2) is 11.6 Å². The molecule has 3 rings (SSSR count). The zero-order valence-electron chi connectivity index (χ0n) is 13.1. The minimum absolute atomic E-state index is 0.153. The highest BCUT2D eigenvalue weighted by Crippen LogP contribution is 2.22. The Bertz CT molecular complexity index is 651. The molecule has 0 saturated carbocycles. The van der Waals surface area contributed by atoms with E-state index in [1.54, 1.807) is 12.3 Å². The monoisotopic (exact) mass is 321 g/mol. The Morgan fingerprint density at radius 2 is 2.04 bits per heavy atom. The number of para-hydroxylation sites is 1. The Balaban J connectivity index is 1.73. The fourth-order valence-corrected chi connectivity index (χ4v) is 3.14. The van der Waals surface area contributed by atoms with E-state index >= 15 is 0 Å². The number of halogens is 2. The van der Waals surface area contributed by atoms with Gasteiger partial charge in [0.1, 0.15) is 5.69 Å². The van der Waals surface area contributed by atoms with E-state index in [-0.39, 0.29) is 17.7 Å². The number of aromatic nitrogens is 2. The maximum Gasteiger partial charge on any atom is 0.151 e. The van der Waals surface area contributed by atoms with Gasteiger partial charge in [-0.15, -0.1) is 0 Å². The van der Waals surface area contributed by atoms with Crippen molar-refractivity contribution in [2.45, 2.75) is 32.4 Å². The van der Waals surface area contributed by atoms with Crippen LogP contribution in [0.3, 0.4) is 0 Å². The van der Waals surface area contributed by atoms with Crippen LogP contribution in [0.15, 0.2) is 30.5 Å². The van der Waals surface area contributed by atoms with Crippen molar-refractivity contribution in [3.8, 4) is 5.69 Å². The second-order valence-corrected chi connectivity index (χ2v) is 6.20. The Labute approximate surface area is 134 Å². The first kappa shape index (κ1) is 16.1. The lowest BCUT2D eigenvalue weighted by Gasteiger charge is -2.33. The number of rotatable bonds is 4. The van der Waals surface area contributed by atoms with Gasteiger partial charge in [-0.2, -0.15) is 5.10 Å². The number of hydrogen-bond donors (Lipinski definition) is 1. The van der Waals surface area contributed by atoms with Crippen molar-refractivity contribution in [3.63, 3.8) is 0 Å². The Hall–Kier alpha value is -1.79. The molecule has 1 aliphatic rings. The molecule has 1 saturated heterocycles. The van der Waals surface area contributed by atoms with Gasteiger partial charge in [-0.3, -0.25) is 4.90 Å². The van der Waals surface area contributed by atoms with Crippen LogP contribution in [-0.2, 0) is 6.54 Å². The van der Waals surface area contributed by atoms with Gasteiger partial charge in [0.25, 0.3) is 0 Å². The van der Waals surface area contributed by atoms with E-state index in [0.717, 1.165) is 31.6 Å². The molecular formula is C17H21F2N3O. The molecule has 0 spiro atoms. The summed E-state index contributed by atoms with van der Waals surface area (Å²) in [6, 6.07) is 5.55. The van der Waals surface area contributed by atoms with Gasteiger partial charge < -0.3 is 5.11 Å². The summed E-state index contributed by atoms with van der Waals surface area (Å²) in [5, 5.41) is 14.0. The van der Waals surface area contributed by atoms with Gasteiger partial charge in [0.2, 0.25) is 0 Å². The summed E-state index contributed by atoms with van der Waals surface area (Å²) in [5.41, 5.74) is 0.609. The normalized spacial score (nSPS) is 20.6. The van der Waals surface area contributed by atoms with E-state index < -0.39 is 11.6 Å². The lowest BCUT2D eigenvalue weighted by Crippen LogP contribution is -2.39. The maximum atomic E-state index is 13.8. The summed E-state index contributed by atoms with van der Waals surface area (Å²) in [6.45, 7) is 4.21. The number of benzene rings is 1. The van der Waals surface area contributed by atoms with Crippen molar-refractivity contribution < 1.29 is 13.9 Å². The zero-order valence-corrected chi connectivity index (χ0v) is 13.1. The average Bonchev–Trinajstić information content (AvgIpc) is 2.95. The van der Waals surface area contributed by atoms with E-state index in [2.05, 4.69) is 10.00 Å². The fourth-order valence-electron chi connectivity index (χ4n) is 3.14. The quantitative estimate of drug-likeness (QED) is 0.941. The van der Waals surface area contributed by atoms with Crippen LogP contribution in [0.2, 0.25) is 0 Å². The third-order valence-electron chi connectivity index (χ3n) is 4.42. The molecule has 6 heteroatoms. The molecule has 1 aromatic carbocycles. The van der Waals surface area contributed by atoms with Crippen molar-refractivity contribution in [1.29, 1.82) is 0 Å². The van der Waals surface area contributed by atoms with Crippen molar-refractivity contribution in [1.82, 2.24) is 14.7 Å². The van der Waals surface area contributed by atoms with Gasteiger partial charge in [-0.1, -0.05) is 6.07 Å². The minimum Gasteiger partial charge on any atom is -0.393 e. The number of likely N-dealkylation sites (tertiary alicyclic amines) is 1. The summed E-state index contributed by atoms with van der Waals surface area (Å²) in [5.74, 6) is -0.992. The van der Waals surface area contributed by atoms with Crippen molar-refractivity contribution in [2.24, 2.45) is 5.92 Å². The fraction of sp³-hybridized carbons (Fsp3) is 0.471. The molecule has 0 radical (unpaired) electrons. The van der Waals surface area contributed by atoms with Crippen molar-refractivity contribution in [3.05, 3.63) is 47.8 Å². The van der Waals surface area contributed by atoms with Gasteiger partial charge in [0.05, 0.1) is 11.8 Å². The average molecular weight is 321 g/mol. The molecule has 2 atom stereocenters. The molecule has 0 aliphatic carbocycles. The van der Waals surface area contributed by atoms with Gasteiger partial charge in [-0.25, -0.2) is 13.5 Å². The molecule has 1 fully saturated rings. The summed E-state index contributed by atoms with van der Waals surface area (Å²) in [7, 11) is 0. The smallest absolute Gasteiger partial charge is 0.151 e. The van der Waals surface area contributed by atoms with Gasteiger partial charge in [-0.05, 0) is 50.4 Å². The van der Waals surface area contributed by atoms with Crippen LogP contribution < -0.4 is 0 Å².